The van der Waals surface area contributed by atoms with Crippen LogP contribution in [0.5, 0.6) is 0 Å². The van der Waals surface area contributed by atoms with E-state index in [1.165, 1.54) is 13.3 Å². The number of ether oxygens (including phenoxy) is 1. The second-order valence-electron chi connectivity index (χ2n) is 5.28. The van der Waals surface area contributed by atoms with Gasteiger partial charge in [-0.05, 0) is 41.8 Å². The van der Waals surface area contributed by atoms with Crippen LogP contribution in [0.4, 0.5) is 0 Å². The summed E-state index contributed by atoms with van der Waals surface area (Å²) in [4.78, 5) is 30.7. The first-order valence-corrected chi connectivity index (χ1v) is 7.22. The fourth-order valence-corrected chi connectivity index (χ4v) is 2.44. The van der Waals surface area contributed by atoms with Crippen LogP contribution in [-0.2, 0) is 11.2 Å². The number of carboxylic acid groups (broad SMARTS) is 1. The van der Waals surface area contributed by atoms with Crippen LogP contribution in [0.1, 0.15) is 32.0 Å². The molecule has 3 rings (SSSR count). The monoisotopic (exact) mass is 322 g/mol. The molecule has 0 aliphatic rings. The van der Waals surface area contributed by atoms with Crippen molar-refractivity contribution in [3.8, 4) is 0 Å². The third-order valence-corrected chi connectivity index (χ3v) is 3.60. The normalized spacial score (nSPS) is 10.5. The molecule has 0 aliphatic heterocycles. The number of pyridine rings is 2. The number of esters is 1. The maximum atomic E-state index is 11.5. The fourth-order valence-electron chi connectivity index (χ4n) is 2.44. The standard InChI is InChI=1S/C18H14N2O4/c1-24-18(23)16-5-3-13-7-11(2-4-15(13)20-16)6-12-8-14(17(21)22)10-19-9-12/h2-5,7-10H,6H2,1H3,(H,21,22). The van der Waals surface area contributed by atoms with Gasteiger partial charge in [-0.2, -0.15) is 0 Å². The summed E-state index contributed by atoms with van der Waals surface area (Å²) in [5, 5.41) is 9.91. The predicted molar refractivity (Wildman–Crippen MR) is 87.1 cm³/mol. The van der Waals surface area contributed by atoms with E-state index in [0.717, 1.165) is 16.5 Å². The molecule has 0 amide bonds. The van der Waals surface area contributed by atoms with E-state index in [2.05, 4.69) is 14.7 Å². The first-order chi connectivity index (χ1) is 11.6. The number of methoxy groups -OCH3 is 1. The number of benzene rings is 1. The SMILES string of the molecule is COC(=O)c1ccc2cc(Cc3cncc(C(=O)O)c3)ccc2n1. The van der Waals surface area contributed by atoms with Gasteiger partial charge in [0.05, 0.1) is 18.2 Å². The van der Waals surface area contributed by atoms with E-state index in [1.807, 2.05) is 24.3 Å². The Balaban J connectivity index is 1.90. The lowest BCUT2D eigenvalue weighted by atomic mass is 10.0. The van der Waals surface area contributed by atoms with Gasteiger partial charge in [0.2, 0.25) is 0 Å². The molecule has 6 heteroatoms. The van der Waals surface area contributed by atoms with Crippen molar-refractivity contribution in [3.63, 3.8) is 0 Å². The Morgan fingerprint density at radius 1 is 1.08 bits per heavy atom. The molecule has 0 aliphatic carbocycles. The van der Waals surface area contributed by atoms with Gasteiger partial charge >= 0.3 is 11.9 Å². The molecular formula is C18H14N2O4. The van der Waals surface area contributed by atoms with Crippen LogP contribution in [0.15, 0.2) is 48.8 Å². The molecule has 0 fully saturated rings. The summed E-state index contributed by atoms with van der Waals surface area (Å²) in [5.41, 5.74) is 2.93. The van der Waals surface area contributed by atoms with E-state index >= 15 is 0 Å². The van der Waals surface area contributed by atoms with Gasteiger partial charge in [-0.25, -0.2) is 14.6 Å². The molecule has 0 saturated heterocycles. The average molecular weight is 322 g/mol. The third kappa shape index (κ3) is 3.22. The van der Waals surface area contributed by atoms with E-state index in [0.29, 0.717) is 11.9 Å². The Kier molecular flexibility index (Phi) is 4.20. The summed E-state index contributed by atoms with van der Waals surface area (Å²) in [5.74, 6) is -1.47. The first kappa shape index (κ1) is 15.6. The second-order valence-corrected chi connectivity index (χ2v) is 5.28. The van der Waals surface area contributed by atoms with Gasteiger partial charge in [0.1, 0.15) is 5.69 Å². The highest BCUT2D eigenvalue weighted by atomic mass is 16.5. The average Bonchev–Trinajstić information content (AvgIpc) is 2.60. The summed E-state index contributed by atoms with van der Waals surface area (Å²) in [6.07, 6.45) is 3.53. The lowest BCUT2D eigenvalue weighted by molar-refractivity contribution is 0.0593. The zero-order valence-electron chi connectivity index (χ0n) is 12.9. The Morgan fingerprint density at radius 3 is 2.67 bits per heavy atom. The van der Waals surface area contributed by atoms with Crippen LogP contribution in [0.3, 0.4) is 0 Å². The Morgan fingerprint density at radius 2 is 1.92 bits per heavy atom. The lowest BCUT2D eigenvalue weighted by Crippen LogP contribution is -2.04. The number of aromatic nitrogens is 2. The van der Waals surface area contributed by atoms with Gasteiger partial charge in [0.25, 0.3) is 0 Å². The number of nitrogens with zero attached hydrogens (tertiary/aromatic N) is 2. The van der Waals surface area contributed by atoms with E-state index in [-0.39, 0.29) is 11.3 Å². The highest BCUT2D eigenvalue weighted by Crippen LogP contribution is 2.18. The Bertz CT molecular complexity index is 937. The molecule has 0 atom stereocenters. The predicted octanol–water partition coefficient (Wildman–Crippen LogP) is 2.71. The van der Waals surface area contributed by atoms with E-state index in [4.69, 9.17) is 5.11 Å². The van der Waals surface area contributed by atoms with Crippen molar-refractivity contribution in [1.29, 1.82) is 0 Å². The highest BCUT2D eigenvalue weighted by Gasteiger charge is 2.09. The molecule has 0 radical (unpaired) electrons. The summed E-state index contributed by atoms with van der Waals surface area (Å²) in [6.45, 7) is 0. The van der Waals surface area contributed by atoms with Crippen LogP contribution in [-0.4, -0.2) is 34.1 Å². The molecule has 0 bridgehead atoms. The van der Waals surface area contributed by atoms with E-state index in [1.54, 1.807) is 18.3 Å². The largest absolute Gasteiger partial charge is 0.478 e. The molecule has 2 heterocycles. The molecule has 1 aromatic carbocycles. The van der Waals surface area contributed by atoms with Gasteiger partial charge < -0.3 is 9.84 Å². The number of hydrogen-bond donors (Lipinski definition) is 1. The lowest BCUT2D eigenvalue weighted by Gasteiger charge is -2.06. The second kappa shape index (κ2) is 6.45. The molecular weight excluding hydrogens is 308 g/mol. The molecule has 2 aromatic heterocycles. The van der Waals surface area contributed by atoms with Gasteiger partial charge in [-0.15, -0.1) is 0 Å². The molecule has 24 heavy (non-hydrogen) atoms. The molecule has 3 aromatic rings. The van der Waals surface area contributed by atoms with Gasteiger partial charge in [0.15, 0.2) is 0 Å². The van der Waals surface area contributed by atoms with Crippen molar-refractivity contribution in [2.75, 3.05) is 7.11 Å². The zero-order chi connectivity index (χ0) is 17.1. The van der Waals surface area contributed by atoms with Crippen molar-refractivity contribution in [2.45, 2.75) is 6.42 Å². The number of rotatable bonds is 4. The van der Waals surface area contributed by atoms with Crippen LogP contribution in [0, 0.1) is 0 Å². The number of hydrogen-bond acceptors (Lipinski definition) is 5. The van der Waals surface area contributed by atoms with Crippen molar-refractivity contribution in [3.05, 3.63) is 71.2 Å². The highest BCUT2D eigenvalue weighted by molar-refractivity contribution is 5.91. The quantitative estimate of drug-likeness (QED) is 0.743. The fraction of sp³-hybridized carbons (Fsp3) is 0.111. The van der Waals surface area contributed by atoms with Crippen LogP contribution in [0.25, 0.3) is 10.9 Å². The number of fused-ring (bicyclic) bond motifs is 1. The summed E-state index contributed by atoms with van der Waals surface area (Å²) >= 11 is 0. The van der Waals surface area contributed by atoms with Crippen molar-refractivity contribution in [1.82, 2.24) is 9.97 Å². The summed E-state index contributed by atoms with van der Waals surface area (Å²) in [6, 6.07) is 10.7. The van der Waals surface area contributed by atoms with Crippen LogP contribution < -0.4 is 0 Å². The smallest absolute Gasteiger partial charge is 0.356 e. The minimum Gasteiger partial charge on any atom is -0.478 e. The van der Waals surface area contributed by atoms with E-state index in [9.17, 15) is 9.59 Å². The minimum atomic E-state index is -0.998. The molecule has 0 spiro atoms. The number of carboxylic acids is 1. The Labute approximate surface area is 137 Å². The topological polar surface area (TPSA) is 89.4 Å². The number of carbonyl (C=O) groups excluding carboxylic acids is 1. The zero-order valence-corrected chi connectivity index (χ0v) is 12.9. The summed E-state index contributed by atoms with van der Waals surface area (Å²) < 4.78 is 4.66. The molecule has 1 N–H and O–H groups in total. The van der Waals surface area contributed by atoms with Crippen molar-refractivity contribution in [2.24, 2.45) is 0 Å². The van der Waals surface area contributed by atoms with Crippen LogP contribution in [0.2, 0.25) is 0 Å². The van der Waals surface area contributed by atoms with E-state index < -0.39 is 11.9 Å². The van der Waals surface area contributed by atoms with Crippen LogP contribution >= 0.6 is 0 Å². The maximum Gasteiger partial charge on any atom is 0.356 e. The Hall–Kier alpha value is -3.28. The minimum absolute atomic E-state index is 0.165. The molecule has 6 nitrogen and oxygen atoms in total. The molecule has 0 saturated carbocycles. The van der Waals surface area contributed by atoms with Crippen molar-refractivity contribution < 1.29 is 19.4 Å². The van der Waals surface area contributed by atoms with Gasteiger partial charge in [-0.3, -0.25) is 4.98 Å². The van der Waals surface area contributed by atoms with Gasteiger partial charge in [0, 0.05) is 17.8 Å². The molecule has 120 valence electrons. The maximum absolute atomic E-state index is 11.5. The van der Waals surface area contributed by atoms with Gasteiger partial charge in [-0.1, -0.05) is 12.1 Å². The summed E-state index contributed by atoms with van der Waals surface area (Å²) in [7, 11) is 1.32. The number of aromatic carboxylic acids is 1. The molecule has 0 unspecified atom stereocenters. The first-order valence-electron chi connectivity index (χ1n) is 7.22. The number of carbonyl (C=O) groups is 2. The third-order valence-electron chi connectivity index (χ3n) is 3.60. The van der Waals surface area contributed by atoms with Crippen molar-refractivity contribution >= 4 is 22.8 Å².